The molecule has 0 unspecified atom stereocenters. The van der Waals surface area contributed by atoms with Crippen LogP contribution >= 0.6 is 11.6 Å². The van der Waals surface area contributed by atoms with Gasteiger partial charge in [0.05, 0.1) is 10.6 Å². The molecule has 4 nitrogen and oxygen atoms in total. The Kier molecular flexibility index (Phi) is 7.31. The second kappa shape index (κ2) is 9.91. The normalized spacial score (nSPS) is 16.4. The van der Waals surface area contributed by atoms with Crippen LogP contribution in [-0.4, -0.2) is 30.4 Å². The minimum Gasteiger partial charge on any atom is -0.347 e. The van der Waals surface area contributed by atoms with Crippen LogP contribution in [0.25, 0.3) is 10.9 Å². The predicted octanol–water partition coefficient (Wildman–Crippen LogP) is 7.07. The second-order valence-corrected chi connectivity index (χ2v) is 11.1. The molecule has 34 heavy (non-hydrogen) atoms. The van der Waals surface area contributed by atoms with Gasteiger partial charge >= 0.3 is 6.18 Å². The Morgan fingerprint density at radius 3 is 2.44 bits per heavy atom. The van der Waals surface area contributed by atoms with E-state index in [2.05, 4.69) is 29.8 Å². The molecule has 1 aromatic heterocycles. The molecule has 0 bridgehead atoms. The van der Waals surface area contributed by atoms with E-state index in [1.165, 1.54) is 20.8 Å². The summed E-state index contributed by atoms with van der Waals surface area (Å²) in [5, 5.41) is 0.978. The average Bonchev–Trinajstić information content (AvgIpc) is 3.17. The monoisotopic (exact) mass is 512 g/mol. The number of alkyl halides is 3. The third-order valence-corrected chi connectivity index (χ3v) is 8.97. The van der Waals surface area contributed by atoms with Gasteiger partial charge in [0.1, 0.15) is 4.90 Å². The molecule has 184 valence electrons. The van der Waals surface area contributed by atoms with Crippen molar-refractivity contribution in [2.24, 2.45) is 0 Å². The van der Waals surface area contributed by atoms with Crippen molar-refractivity contribution in [2.75, 3.05) is 13.1 Å². The van der Waals surface area contributed by atoms with Gasteiger partial charge in [-0.05, 0) is 55.0 Å². The first-order valence-electron chi connectivity index (χ1n) is 11.6. The molecule has 1 aliphatic heterocycles. The van der Waals surface area contributed by atoms with E-state index in [-0.39, 0.29) is 24.0 Å². The lowest BCUT2D eigenvalue weighted by atomic mass is 9.90. The first-order chi connectivity index (χ1) is 16.1. The lowest BCUT2D eigenvalue weighted by Gasteiger charge is -2.31. The van der Waals surface area contributed by atoms with Crippen molar-refractivity contribution >= 4 is 32.5 Å². The number of sulfonamides is 1. The number of piperidine rings is 1. The van der Waals surface area contributed by atoms with E-state index < -0.39 is 26.7 Å². The first kappa shape index (κ1) is 25.1. The molecule has 1 saturated heterocycles. The van der Waals surface area contributed by atoms with Crippen molar-refractivity contribution in [3.05, 3.63) is 64.8 Å². The molecule has 4 rings (SSSR count). The summed E-state index contributed by atoms with van der Waals surface area (Å²) in [7, 11) is -4.14. The average molecular weight is 513 g/mol. The highest BCUT2D eigenvalue weighted by atomic mass is 35.5. The van der Waals surface area contributed by atoms with Crippen molar-refractivity contribution in [1.29, 1.82) is 0 Å². The molecule has 0 radical (unpaired) electrons. The molecule has 0 saturated carbocycles. The van der Waals surface area contributed by atoms with E-state index in [9.17, 15) is 21.6 Å². The molecule has 0 aliphatic carbocycles. The Morgan fingerprint density at radius 1 is 1.06 bits per heavy atom. The number of rotatable bonds is 7. The molecule has 0 N–H and O–H groups in total. The minimum absolute atomic E-state index is 0.181. The van der Waals surface area contributed by atoms with E-state index >= 15 is 0 Å². The quantitative estimate of drug-likeness (QED) is 0.318. The number of halogens is 4. The van der Waals surface area contributed by atoms with Crippen LogP contribution in [0.4, 0.5) is 13.2 Å². The van der Waals surface area contributed by atoms with Gasteiger partial charge in [-0.3, -0.25) is 0 Å². The smallest absolute Gasteiger partial charge is 0.347 e. The highest BCUT2D eigenvalue weighted by molar-refractivity contribution is 7.89. The Hall–Kier alpha value is -2.03. The van der Waals surface area contributed by atoms with Crippen LogP contribution in [-0.2, 0) is 22.7 Å². The van der Waals surface area contributed by atoms with Crippen LogP contribution in [0.5, 0.6) is 0 Å². The van der Waals surface area contributed by atoms with Crippen molar-refractivity contribution in [2.45, 2.75) is 62.6 Å². The number of fused-ring (bicyclic) bond motifs is 1. The Balaban J connectivity index is 1.55. The summed E-state index contributed by atoms with van der Waals surface area (Å²) in [5.41, 5.74) is 1.36. The zero-order valence-electron chi connectivity index (χ0n) is 19.0. The van der Waals surface area contributed by atoms with Crippen LogP contribution < -0.4 is 0 Å². The zero-order valence-corrected chi connectivity index (χ0v) is 20.6. The van der Waals surface area contributed by atoms with Gasteiger partial charge < -0.3 is 4.57 Å². The summed E-state index contributed by atoms with van der Waals surface area (Å²) >= 11 is 6.02. The predicted molar refractivity (Wildman–Crippen MR) is 129 cm³/mol. The van der Waals surface area contributed by atoms with Gasteiger partial charge in [-0.25, -0.2) is 8.42 Å². The van der Waals surface area contributed by atoms with E-state index in [1.54, 1.807) is 0 Å². The molecule has 2 heterocycles. The van der Waals surface area contributed by atoms with Gasteiger partial charge in [-0.1, -0.05) is 49.6 Å². The maximum atomic E-state index is 13.2. The van der Waals surface area contributed by atoms with Crippen LogP contribution in [0, 0.1) is 0 Å². The Bertz CT molecular complexity index is 1260. The number of aromatic nitrogens is 1. The SMILES string of the molecule is CCCCCn1cc(C2CCN(S(=O)(=O)c3cc(C(F)(F)F)ccc3Cl)CC2)c2ccccc21. The summed E-state index contributed by atoms with van der Waals surface area (Å²) in [6, 6.07) is 10.7. The highest BCUT2D eigenvalue weighted by Gasteiger charge is 2.36. The summed E-state index contributed by atoms with van der Waals surface area (Å²) in [5.74, 6) is 0.181. The van der Waals surface area contributed by atoms with Gasteiger partial charge in [0.2, 0.25) is 10.0 Å². The summed E-state index contributed by atoms with van der Waals surface area (Å²) in [6.07, 6.45) is 2.15. The molecule has 0 atom stereocenters. The summed E-state index contributed by atoms with van der Waals surface area (Å²) in [4.78, 5) is -0.491. The van der Waals surface area contributed by atoms with Gasteiger partial charge in [0.15, 0.2) is 0 Å². The van der Waals surface area contributed by atoms with Crippen molar-refractivity contribution in [1.82, 2.24) is 8.87 Å². The molecule has 2 aromatic carbocycles. The number of unbranched alkanes of at least 4 members (excludes halogenated alkanes) is 2. The maximum absolute atomic E-state index is 13.2. The van der Waals surface area contributed by atoms with Crippen molar-refractivity contribution < 1.29 is 21.6 Å². The van der Waals surface area contributed by atoms with Crippen LogP contribution in [0.15, 0.2) is 53.6 Å². The Labute approximate surface area is 203 Å². The van der Waals surface area contributed by atoms with E-state index in [4.69, 9.17) is 11.6 Å². The summed E-state index contributed by atoms with van der Waals surface area (Å²) < 4.78 is 69.3. The van der Waals surface area contributed by atoms with Crippen LogP contribution in [0.2, 0.25) is 5.02 Å². The molecule has 9 heteroatoms. The molecule has 1 aliphatic rings. The number of hydrogen-bond donors (Lipinski definition) is 0. The lowest BCUT2D eigenvalue weighted by molar-refractivity contribution is -0.137. The van der Waals surface area contributed by atoms with E-state index in [1.807, 2.05) is 12.1 Å². The number of benzene rings is 2. The topological polar surface area (TPSA) is 42.3 Å². The second-order valence-electron chi connectivity index (χ2n) is 8.82. The molecular formula is C25H28ClF3N2O2S. The van der Waals surface area contributed by atoms with Gasteiger partial charge in [0.25, 0.3) is 0 Å². The zero-order chi connectivity index (χ0) is 24.5. The minimum atomic E-state index is -4.65. The van der Waals surface area contributed by atoms with E-state index in [0.29, 0.717) is 18.9 Å². The maximum Gasteiger partial charge on any atom is 0.416 e. The lowest BCUT2D eigenvalue weighted by Crippen LogP contribution is -2.38. The number of nitrogens with zero attached hydrogens (tertiary/aromatic N) is 2. The van der Waals surface area contributed by atoms with Crippen molar-refractivity contribution in [3.63, 3.8) is 0 Å². The fourth-order valence-corrected chi connectivity index (χ4v) is 6.71. The third kappa shape index (κ3) is 4.99. The molecule has 1 fully saturated rings. The highest BCUT2D eigenvalue weighted by Crippen LogP contribution is 2.38. The molecule has 0 spiro atoms. The largest absolute Gasteiger partial charge is 0.416 e. The van der Waals surface area contributed by atoms with Gasteiger partial charge in [-0.15, -0.1) is 0 Å². The summed E-state index contributed by atoms with van der Waals surface area (Å²) in [6.45, 7) is 3.58. The molecule has 3 aromatic rings. The third-order valence-electron chi connectivity index (χ3n) is 6.59. The van der Waals surface area contributed by atoms with Crippen LogP contribution in [0.3, 0.4) is 0 Å². The standard InChI is InChI=1S/C25H28ClF3N2O2S/c1-2-3-6-13-30-17-21(20-7-4-5-8-23(20)30)18-11-14-31(15-12-18)34(32,33)24-16-19(25(27,28)29)9-10-22(24)26/h4-5,7-10,16-18H,2-3,6,11-15H2,1H3. The van der Waals surface area contributed by atoms with Crippen LogP contribution in [0.1, 0.15) is 56.1 Å². The number of para-hydroxylation sites is 1. The molecular weight excluding hydrogens is 485 g/mol. The van der Waals surface area contributed by atoms with E-state index in [0.717, 1.165) is 37.9 Å². The Morgan fingerprint density at radius 2 is 1.76 bits per heavy atom. The fraction of sp³-hybridized carbons (Fsp3) is 0.440. The number of aryl methyl sites for hydroxylation is 1. The fourth-order valence-electron chi connectivity index (χ4n) is 4.74. The van der Waals surface area contributed by atoms with Crippen molar-refractivity contribution in [3.8, 4) is 0 Å². The van der Waals surface area contributed by atoms with Gasteiger partial charge in [0, 0.05) is 36.7 Å². The van der Waals surface area contributed by atoms with Gasteiger partial charge in [-0.2, -0.15) is 17.5 Å². The number of hydrogen-bond acceptors (Lipinski definition) is 2. The molecule has 0 amide bonds. The first-order valence-corrected chi connectivity index (χ1v) is 13.4.